The number of fused-ring (bicyclic) bond motifs is 1. The zero-order chi connectivity index (χ0) is 11.0. The molecule has 2 heteroatoms. The van der Waals surface area contributed by atoms with Crippen molar-refractivity contribution in [3.63, 3.8) is 0 Å². The third-order valence-electron chi connectivity index (χ3n) is 2.87. The molecular weight excluding hydrogens is 188 g/mol. The van der Waals surface area contributed by atoms with Crippen LogP contribution in [0.1, 0.15) is 47.7 Å². The van der Waals surface area contributed by atoms with E-state index in [0.717, 1.165) is 22.4 Å². The van der Waals surface area contributed by atoms with E-state index in [9.17, 15) is 4.79 Å². The highest BCUT2D eigenvalue weighted by molar-refractivity contribution is 6.01. The van der Waals surface area contributed by atoms with Gasteiger partial charge in [-0.05, 0) is 24.0 Å². The molecule has 0 bridgehead atoms. The van der Waals surface area contributed by atoms with E-state index in [1.54, 1.807) is 0 Å². The lowest BCUT2D eigenvalue weighted by molar-refractivity contribution is 0.0931. The number of aryl methyl sites for hydroxylation is 1. The minimum Gasteiger partial charge on any atom is -0.492 e. The molecule has 0 saturated carbocycles. The molecule has 0 radical (unpaired) electrons. The molecule has 1 aliphatic heterocycles. The van der Waals surface area contributed by atoms with E-state index in [2.05, 4.69) is 19.9 Å². The van der Waals surface area contributed by atoms with Crippen molar-refractivity contribution in [2.75, 3.05) is 6.61 Å². The summed E-state index contributed by atoms with van der Waals surface area (Å²) in [6.45, 7) is 6.73. The number of hydrogen-bond donors (Lipinski definition) is 0. The van der Waals surface area contributed by atoms with E-state index in [-0.39, 0.29) is 5.78 Å². The Kier molecular flexibility index (Phi) is 2.51. The van der Waals surface area contributed by atoms with Crippen molar-refractivity contribution in [3.8, 4) is 5.75 Å². The van der Waals surface area contributed by atoms with Gasteiger partial charge in [0.15, 0.2) is 5.78 Å². The van der Waals surface area contributed by atoms with E-state index >= 15 is 0 Å². The van der Waals surface area contributed by atoms with Gasteiger partial charge in [-0.1, -0.05) is 26.0 Å². The van der Waals surface area contributed by atoms with Crippen LogP contribution in [-0.4, -0.2) is 12.4 Å². The first-order valence-electron chi connectivity index (χ1n) is 5.40. The molecule has 15 heavy (non-hydrogen) atoms. The number of ketones is 1. The van der Waals surface area contributed by atoms with Crippen molar-refractivity contribution in [2.24, 2.45) is 0 Å². The minimum absolute atomic E-state index is 0.219. The summed E-state index contributed by atoms with van der Waals surface area (Å²) in [6.07, 6.45) is 0.509. The van der Waals surface area contributed by atoms with Crippen molar-refractivity contribution in [1.29, 1.82) is 0 Å². The van der Waals surface area contributed by atoms with Gasteiger partial charge in [-0.15, -0.1) is 0 Å². The normalized spacial score (nSPS) is 15.1. The Morgan fingerprint density at radius 2 is 2.07 bits per heavy atom. The van der Waals surface area contributed by atoms with E-state index in [1.807, 2.05) is 13.0 Å². The predicted octanol–water partition coefficient (Wildman–Crippen LogP) is 3.08. The molecule has 0 spiro atoms. The van der Waals surface area contributed by atoms with Crippen LogP contribution in [0.4, 0.5) is 0 Å². The predicted molar refractivity (Wildman–Crippen MR) is 59.7 cm³/mol. The minimum atomic E-state index is 0.219. The highest BCUT2D eigenvalue weighted by Gasteiger charge is 2.24. The number of carbonyl (C=O) groups is 1. The fourth-order valence-electron chi connectivity index (χ4n) is 2.02. The number of ether oxygens (including phenoxy) is 1. The fourth-order valence-corrected chi connectivity index (χ4v) is 2.02. The van der Waals surface area contributed by atoms with Gasteiger partial charge < -0.3 is 4.74 Å². The summed E-state index contributed by atoms with van der Waals surface area (Å²) >= 11 is 0. The standard InChI is InChI=1S/C13H16O2/c1-8(2)10-5-4-9(3)12-11(14)6-7-15-13(10)12/h4-5,8H,6-7H2,1-3H3. The average Bonchev–Trinajstić information content (AvgIpc) is 2.17. The molecular formula is C13H16O2. The zero-order valence-electron chi connectivity index (χ0n) is 9.46. The number of hydrogen-bond acceptors (Lipinski definition) is 2. The first-order valence-corrected chi connectivity index (χ1v) is 5.40. The van der Waals surface area contributed by atoms with E-state index < -0.39 is 0 Å². The lowest BCUT2D eigenvalue weighted by atomic mass is 9.92. The average molecular weight is 204 g/mol. The number of benzene rings is 1. The van der Waals surface area contributed by atoms with Crippen LogP contribution in [0, 0.1) is 6.92 Å². The molecule has 2 nitrogen and oxygen atoms in total. The lowest BCUT2D eigenvalue weighted by Crippen LogP contribution is -2.18. The maximum atomic E-state index is 11.8. The highest BCUT2D eigenvalue weighted by atomic mass is 16.5. The summed E-state index contributed by atoms with van der Waals surface area (Å²) in [5.74, 6) is 1.43. The second-order valence-corrected chi connectivity index (χ2v) is 4.35. The third kappa shape index (κ3) is 1.65. The van der Waals surface area contributed by atoms with Gasteiger partial charge in [0.05, 0.1) is 12.2 Å². The highest BCUT2D eigenvalue weighted by Crippen LogP contribution is 2.35. The second kappa shape index (κ2) is 3.69. The van der Waals surface area contributed by atoms with Crippen molar-refractivity contribution < 1.29 is 9.53 Å². The molecule has 1 aromatic carbocycles. The summed E-state index contributed by atoms with van der Waals surface area (Å²) < 4.78 is 5.65. The third-order valence-corrected chi connectivity index (χ3v) is 2.87. The van der Waals surface area contributed by atoms with Gasteiger partial charge in [0.2, 0.25) is 0 Å². The van der Waals surface area contributed by atoms with Crippen LogP contribution in [0.15, 0.2) is 12.1 Å². The Morgan fingerprint density at radius 3 is 2.73 bits per heavy atom. The van der Waals surface area contributed by atoms with Crippen LogP contribution in [0.25, 0.3) is 0 Å². The Balaban J connectivity index is 2.64. The summed E-state index contributed by atoms with van der Waals surface area (Å²) in [7, 11) is 0. The molecule has 2 rings (SSSR count). The van der Waals surface area contributed by atoms with Crippen LogP contribution in [0.3, 0.4) is 0 Å². The Morgan fingerprint density at radius 1 is 1.33 bits per heavy atom. The summed E-state index contributed by atoms with van der Waals surface area (Å²) in [4.78, 5) is 11.8. The summed E-state index contributed by atoms with van der Waals surface area (Å²) in [5, 5.41) is 0. The SMILES string of the molecule is Cc1ccc(C(C)C)c2c1C(=O)CCO2. The molecule has 1 heterocycles. The topological polar surface area (TPSA) is 26.3 Å². The Bertz CT molecular complexity index is 405. The fraction of sp³-hybridized carbons (Fsp3) is 0.462. The van der Waals surface area contributed by atoms with E-state index in [0.29, 0.717) is 18.9 Å². The molecule has 0 amide bonds. The van der Waals surface area contributed by atoms with Crippen molar-refractivity contribution in [1.82, 2.24) is 0 Å². The quantitative estimate of drug-likeness (QED) is 0.702. The summed E-state index contributed by atoms with van der Waals surface area (Å²) in [5.41, 5.74) is 2.97. The van der Waals surface area contributed by atoms with Crippen LogP contribution >= 0.6 is 0 Å². The molecule has 0 unspecified atom stereocenters. The van der Waals surface area contributed by atoms with Gasteiger partial charge in [0.1, 0.15) is 5.75 Å². The van der Waals surface area contributed by atoms with Crippen molar-refractivity contribution in [3.05, 3.63) is 28.8 Å². The van der Waals surface area contributed by atoms with Gasteiger partial charge in [0, 0.05) is 6.42 Å². The Labute approximate surface area is 90.3 Å². The molecule has 1 aliphatic rings. The lowest BCUT2D eigenvalue weighted by Gasteiger charge is -2.22. The molecule has 0 saturated heterocycles. The van der Waals surface area contributed by atoms with Crippen LogP contribution < -0.4 is 4.74 Å². The first kappa shape index (κ1) is 10.2. The van der Waals surface area contributed by atoms with Crippen molar-refractivity contribution >= 4 is 5.78 Å². The van der Waals surface area contributed by atoms with Gasteiger partial charge >= 0.3 is 0 Å². The molecule has 1 aromatic rings. The number of carbonyl (C=O) groups excluding carboxylic acids is 1. The zero-order valence-corrected chi connectivity index (χ0v) is 9.46. The van der Waals surface area contributed by atoms with Gasteiger partial charge in [0.25, 0.3) is 0 Å². The molecule has 0 aliphatic carbocycles. The van der Waals surface area contributed by atoms with Crippen molar-refractivity contribution in [2.45, 2.75) is 33.1 Å². The first-order chi connectivity index (χ1) is 7.11. The van der Waals surface area contributed by atoms with E-state index in [4.69, 9.17) is 4.74 Å². The van der Waals surface area contributed by atoms with E-state index in [1.165, 1.54) is 0 Å². The smallest absolute Gasteiger partial charge is 0.170 e. The number of rotatable bonds is 1. The molecule has 0 atom stereocenters. The van der Waals surface area contributed by atoms with Gasteiger partial charge in [-0.3, -0.25) is 4.79 Å². The Hall–Kier alpha value is -1.31. The van der Waals surface area contributed by atoms with Crippen LogP contribution in [0.2, 0.25) is 0 Å². The molecule has 80 valence electrons. The van der Waals surface area contributed by atoms with Crippen LogP contribution in [0.5, 0.6) is 5.75 Å². The monoisotopic (exact) mass is 204 g/mol. The molecule has 0 aromatic heterocycles. The van der Waals surface area contributed by atoms with Gasteiger partial charge in [-0.2, -0.15) is 0 Å². The summed E-state index contributed by atoms with van der Waals surface area (Å²) in [6, 6.07) is 4.08. The second-order valence-electron chi connectivity index (χ2n) is 4.35. The maximum absolute atomic E-state index is 11.8. The maximum Gasteiger partial charge on any atom is 0.170 e. The van der Waals surface area contributed by atoms with Gasteiger partial charge in [-0.25, -0.2) is 0 Å². The molecule has 0 N–H and O–H groups in total. The molecule has 0 fully saturated rings. The number of Topliss-reactive ketones (excluding diaryl/α,β-unsaturated/α-hetero) is 1. The largest absolute Gasteiger partial charge is 0.492 e. The van der Waals surface area contributed by atoms with Crippen LogP contribution in [-0.2, 0) is 0 Å².